The highest BCUT2D eigenvalue weighted by Gasteiger charge is 2.28. The second kappa shape index (κ2) is 7.64. The van der Waals surface area contributed by atoms with Crippen LogP contribution in [0.1, 0.15) is 29.4 Å². The minimum atomic E-state index is -0.104. The minimum absolute atomic E-state index is 0.0145. The number of amides is 1. The second-order valence-corrected chi connectivity index (χ2v) is 6.47. The largest absolute Gasteiger partial charge is 0.494 e. The predicted molar refractivity (Wildman–Crippen MR) is 99.0 cm³/mol. The molecule has 0 saturated carbocycles. The average Bonchev–Trinajstić information content (AvgIpc) is 3.08. The first-order valence-corrected chi connectivity index (χ1v) is 8.84. The lowest BCUT2D eigenvalue weighted by molar-refractivity contribution is 0.0772. The molecule has 2 heterocycles. The van der Waals surface area contributed by atoms with E-state index < -0.39 is 0 Å². The standard InChI is InChI=1S/C20H24N2O4/c1-4-25-16-7-5-15(6-8-16)20(24)22-10-9-17(13-22)26-18-11-14(2)21(3)19(23)12-18/h5-8,11-12,17H,4,9-10,13H2,1-3H3. The zero-order valence-electron chi connectivity index (χ0n) is 15.4. The maximum atomic E-state index is 12.6. The molecular weight excluding hydrogens is 332 g/mol. The maximum Gasteiger partial charge on any atom is 0.254 e. The molecule has 2 aromatic rings. The van der Waals surface area contributed by atoms with Crippen LogP contribution in [0, 0.1) is 6.92 Å². The van der Waals surface area contributed by atoms with Gasteiger partial charge in [-0.15, -0.1) is 0 Å². The van der Waals surface area contributed by atoms with Crippen molar-refractivity contribution in [2.24, 2.45) is 7.05 Å². The molecule has 1 saturated heterocycles. The number of hydrogen-bond acceptors (Lipinski definition) is 4. The van der Waals surface area contributed by atoms with Crippen LogP contribution >= 0.6 is 0 Å². The molecule has 0 bridgehead atoms. The van der Waals surface area contributed by atoms with Crippen LogP contribution in [0.15, 0.2) is 41.2 Å². The molecule has 3 rings (SSSR count). The van der Waals surface area contributed by atoms with Gasteiger partial charge in [0.15, 0.2) is 0 Å². The highest BCUT2D eigenvalue weighted by Crippen LogP contribution is 2.21. The van der Waals surface area contributed by atoms with E-state index in [1.165, 1.54) is 6.07 Å². The molecule has 1 unspecified atom stereocenters. The van der Waals surface area contributed by atoms with Crippen LogP contribution < -0.4 is 15.0 Å². The lowest BCUT2D eigenvalue weighted by Crippen LogP contribution is -2.31. The number of carbonyl (C=O) groups excluding carboxylic acids is 1. The van der Waals surface area contributed by atoms with Crippen molar-refractivity contribution in [3.8, 4) is 11.5 Å². The third-order valence-corrected chi connectivity index (χ3v) is 4.62. The Morgan fingerprint density at radius 1 is 1.19 bits per heavy atom. The summed E-state index contributed by atoms with van der Waals surface area (Å²) in [6.07, 6.45) is 0.643. The quantitative estimate of drug-likeness (QED) is 0.825. The number of benzene rings is 1. The van der Waals surface area contributed by atoms with Crippen molar-refractivity contribution < 1.29 is 14.3 Å². The number of aryl methyl sites for hydroxylation is 1. The van der Waals surface area contributed by atoms with Crippen molar-refractivity contribution in [1.82, 2.24) is 9.47 Å². The van der Waals surface area contributed by atoms with Crippen molar-refractivity contribution in [1.29, 1.82) is 0 Å². The molecule has 0 radical (unpaired) electrons. The Labute approximate surface area is 153 Å². The molecule has 26 heavy (non-hydrogen) atoms. The summed E-state index contributed by atoms with van der Waals surface area (Å²) in [5.41, 5.74) is 1.38. The summed E-state index contributed by atoms with van der Waals surface area (Å²) in [6, 6.07) is 10.5. The highest BCUT2D eigenvalue weighted by molar-refractivity contribution is 5.94. The molecular formula is C20H24N2O4. The molecule has 1 atom stereocenters. The number of hydrogen-bond donors (Lipinski definition) is 0. The van der Waals surface area contributed by atoms with Gasteiger partial charge >= 0.3 is 0 Å². The third kappa shape index (κ3) is 3.90. The van der Waals surface area contributed by atoms with Crippen LogP contribution in [0.4, 0.5) is 0 Å². The van der Waals surface area contributed by atoms with Gasteiger partial charge in [-0.05, 0) is 44.2 Å². The Hall–Kier alpha value is -2.76. The Morgan fingerprint density at radius 2 is 1.92 bits per heavy atom. The van der Waals surface area contributed by atoms with E-state index in [9.17, 15) is 9.59 Å². The molecule has 6 heteroatoms. The van der Waals surface area contributed by atoms with Gasteiger partial charge in [-0.2, -0.15) is 0 Å². The van der Waals surface area contributed by atoms with Crippen molar-refractivity contribution in [2.45, 2.75) is 26.4 Å². The van der Waals surface area contributed by atoms with Crippen LogP contribution in [0.5, 0.6) is 11.5 Å². The fourth-order valence-corrected chi connectivity index (χ4v) is 3.05. The van der Waals surface area contributed by atoms with E-state index in [0.29, 0.717) is 31.0 Å². The van der Waals surface area contributed by atoms with Crippen LogP contribution in [-0.2, 0) is 7.05 Å². The van der Waals surface area contributed by atoms with Gasteiger partial charge in [0.25, 0.3) is 11.5 Å². The Balaban J connectivity index is 1.63. The summed E-state index contributed by atoms with van der Waals surface area (Å²) >= 11 is 0. The van der Waals surface area contributed by atoms with Crippen LogP contribution in [0.2, 0.25) is 0 Å². The van der Waals surface area contributed by atoms with Crippen LogP contribution in [-0.4, -0.2) is 41.2 Å². The zero-order valence-corrected chi connectivity index (χ0v) is 15.4. The van der Waals surface area contributed by atoms with E-state index in [4.69, 9.17) is 9.47 Å². The minimum Gasteiger partial charge on any atom is -0.494 e. The molecule has 1 aromatic carbocycles. The van der Waals surface area contributed by atoms with Crippen LogP contribution in [0.25, 0.3) is 0 Å². The van der Waals surface area contributed by atoms with Gasteiger partial charge in [-0.1, -0.05) is 0 Å². The van der Waals surface area contributed by atoms with E-state index in [-0.39, 0.29) is 17.6 Å². The number of rotatable bonds is 5. The lowest BCUT2D eigenvalue weighted by atomic mass is 10.2. The fraction of sp³-hybridized carbons (Fsp3) is 0.400. The van der Waals surface area contributed by atoms with Crippen LogP contribution in [0.3, 0.4) is 0 Å². The van der Waals surface area contributed by atoms with Gasteiger partial charge in [0.05, 0.1) is 13.2 Å². The molecule has 0 N–H and O–H groups in total. The fourth-order valence-electron chi connectivity index (χ4n) is 3.05. The first kappa shape index (κ1) is 18.0. The molecule has 1 aliphatic rings. The summed E-state index contributed by atoms with van der Waals surface area (Å²) in [5.74, 6) is 1.30. The summed E-state index contributed by atoms with van der Waals surface area (Å²) in [7, 11) is 1.73. The van der Waals surface area contributed by atoms with Crippen molar-refractivity contribution in [2.75, 3.05) is 19.7 Å². The number of aromatic nitrogens is 1. The maximum absolute atomic E-state index is 12.6. The summed E-state index contributed by atoms with van der Waals surface area (Å²) < 4.78 is 12.9. The van der Waals surface area contributed by atoms with E-state index in [2.05, 4.69) is 0 Å². The summed E-state index contributed by atoms with van der Waals surface area (Å²) in [6.45, 7) is 5.54. The third-order valence-electron chi connectivity index (χ3n) is 4.62. The predicted octanol–water partition coefficient (Wildman–Crippen LogP) is 2.39. The van der Waals surface area contributed by atoms with Gasteiger partial charge in [0, 0.05) is 37.3 Å². The SMILES string of the molecule is CCOc1ccc(C(=O)N2CCC(Oc3cc(C)n(C)c(=O)c3)C2)cc1. The van der Waals surface area contributed by atoms with Crippen molar-refractivity contribution >= 4 is 5.91 Å². The lowest BCUT2D eigenvalue weighted by Gasteiger charge is -2.18. The van der Waals surface area contributed by atoms with Gasteiger partial charge < -0.3 is 18.9 Å². The zero-order chi connectivity index (χ0) is 18.7. The smallest absolute Gasteiger partial charge is 0.254 e. The molecule has 1 fully saturated rings. The van der Waals surface area contributed by atoms with E-state index >= 15 is 0 Å². The Kier molecular flexibility index (Phi) is 5.30. The summed E-state index contributed by atoms with van der Waals surface area (Å²) in [4.78, 5) is 26.3. The molecule has 138 valence electrons. The monoisotopic (exact) mass is 356 g/mol. The van der Waals surface area contributed by atoms with Gasteiger partial charge in [0.2, 0.25) is 0 Å². The van der Waals surface area contributed by atoms with Gasteiger partial charge in [-0.3, -0.25) is 9.59 Å². The van der Waals surface area contributed by atoms with E-state index in [1.807, 2.05) is 32.0 Å². The normalized spacial score (nSPS) is 16.6. The average molecular weight is 356 g/mol. The topological polar surface area (TPSA) is 60.8 Å². The first-order chi connectivity index (χ1) is 12.5. The number of nitrogens with zero attached hydrogens (tertiary/aromatic N) is 2. The Bertz CT molecular complexity index is 842. The molecule has 0 aliphatic carbocycles. The number of pyridine rings is 1. The molecule has 6 nitrogen and oxygen atoms in total. The highest BCUT2D eigenvalue weighted by atomic mass is 16.5. The van der Waals surface area contributed by atoms with Crippen molar-refractivity contribution in [3.63, 3.8) is 0 Å². The summed E-state index contributed by atoms with van der Waals surface area (Å²) in [5, 5.41) is 0. The molecule has 1 aliphatic heterocycles. The van der Waals surface area contributed by atoms with Gasteiger partial charge in [0.1, 0.15) is 17.6 Å². The molecule has 0 spiro atoms. The first-order valence-electron chi connectivity index (χ1n) is 8.84. The van der Waals surface area contributed by atoms with Gasteiger partial charge in [-0.25, -0.2) is 0 Å². The Morgan fingerprint density at radius 3 is 2.58 bits per heavy atom. The molecule has 1 aromatic heterocycles. The van der Waals surface area contributed by atoms with Crippen molar-refractivity contribution in [3.05, 3.63) is 58.0 Å². The van der Waals surface area contributed by atoms with E-state index in [1.54, 1.807) is 28.6 Å². The number of likely N-dealkylation sites (tertiary alicyclic amines) is 1. The number of carbonyl (C=O) groups is 1. The molecule has 1 amide bonds. The van der Waals surface area contributed by atoms with E-state index in [0.717, 1.165) is 17.9 Å². The second-order valence-electron chi connectivity index (χ2n) is 6.47. The number of ether oxygens (including phenoxy) is 2.